The number of benzene rings is 2. The number of nitrogens with two attached hydrogens (primary N) is 1. The molecule has 1 heterocycles. The van der Waals surface area contributed by atoms with Gasteiger partial charge in [0.2, 0.25) is 5.88 Å². The van der Waals surface area contributed by atoms with Crippen LogP contribution in [0.2, 0.25) is 0 Å². The molecule has 3 N–H and O–H groups in total. The fourth-order valence-corrected chi connectivity index (χ4v) is 2.66. The summed E-state index contributed by atoms with van der Waals surface area (Å²) in [4.78, 5) is 4.02. The van der Waals surface area contributed by atoms with Crippen LogP contribution in [0.3, 0.4) is 0 Å². The van der Waals surface area contributed by atoms with Crippen LogP contribution in [0.15, 0.2) is 64.1 Å². The van der Waals surface area contributed by atoms with E-state index >= 15 is 0 Å². The van der Waals surface area contributed by atoms with E-state index in [1.807, 2.05) is 49.4 Å². The first-order chi connectivity index (χ1) is 12.7. The molecule has 2 aromatic carbocycles. The van der Waals surface area contributed by atoms with Gasteiger partial charge in [-0.3, -0.25) is 10.3 Å². The number of aromatic nitrogens is 1. The molecule has 0 saturated carbocycles. The second-order valence-corrected chi connectivity index (χ2v) is 5.85. The first-order valence-corrected chi connectivity index (χ1v) is 8.52. The molecule has 3 rings (SSSR count). The highest BCUT2D eigenvalue weighted by Gasteiger charge is 2.08. The fraction of sp³-hybridized carbons (Fsp3) is 0.200. The van der Waals surface area contributed by atoms with Crippen LogP contribution in [-0.2, 0) is 12.8 Å². The van der Waals surface area contributed by atoms with Crippen molar-refractivity contribution in [3.63, 3.8) is 0 Å². The van der Waals surface area contributed by atoms with Crippen LogP contribution in [0.4, 0.5) is 10.3 Å². The second-order valence-electron chi connectivity index (χ2n) is 5.85. The lowest BCUT2D eigenvalue weighted by Crippen LogP contribution is -2.22. The lowest BCUT2D eigenvalue weighted by atomic mass is 10.0. The van der Waals surface area contributed by atoms with Crippen molar-refractivity contribution in [3.8, 4) is 11.1 Å². The molecule has 0 aliphatic carbocycles. The van der Waals surface area contributed by atoms with Crippen molar-refractivity contribution in [1.82, 2.24) is 5.16 Å². The van der Waals surface area contributed by atoms with E-state index in [0.717, 1.165) is 16.8 Å². The summed E-state index contributed by atoms with van der Waals surface area (Å²) in [7, 11) is 0. The monoisotopic (exact) mass is 352 g/mol. The Kier molecular flexibility index (Phi) is 5.63. The zero-order chi connectivity index (χ0) is 18.4. The van der Waals surface area contributed by atoms with E-state index in [1.165, 1.54) is 0 Å². The smallest absolute Gasteiger partial charge is 0.231 e. The zero-order valence-corrected chi connectivity index (χ0v) is 14.6. The normalized spacial score (nSPS) is 11.5. The molecule has 0 amide bonds. The van der Waals surface area contributed by atoms with Crippen molar-refractivity contribution in [2.24, 2.45) is 10.7 Å². The summed E-state index contributed by atoms with van der Waals surface area (Å²) in [6, 6.07) is 16.6. The Hall–Kier alpha value is -3.15. The van der Waals surface area contributed by atoms with Gasteiger partial charge in [-0.1, -0.05) is 47.6 Å². The van der Waals surface area contributed by atoms with Gasteiger partial charge in [0, 0.05) is 18.2 Å². The van der Waals surface area contributed by atoms with Crippen molar-refractivity contribution in [1.29, 1.82) is 0 Å². The molecule has 3 aromatic rings. The standard InChI is InChI=1S/C20H21FN4O/c1-2-23-20(22)24-19-13-16(25-26-19)10-8-14-9-11-17(18(21)12-14)15-6-4-3-5-7-15/h3-7,9,11-13H,2,8,10H2,1H3,(H3,22,23,24). The van der Waals surface area contributed by atoms with E-state index in [2.05, 4.69) is 15.5 Å². The molecule has 0 spiro atoms. The lowest BCUT2D eigenvalue weighted by molar-refractivity contribution is 0.426. The van der Waals surface area contributed by atoms with Gasteiger partial charge in [0.25, 0.3) is 0 Å². The van der Waals surface area contributed by atoms with Crippen LogP contribution in [-0.4, -0.2) is 17.7 Å². The van der Waals surface area contributed by atoms with Gasteiger partial charge in [0.1, 0.15) is 5.82 Å². The van der Waals surface area contributed by atoms with Gasteiger partial charge >= 0.3 is 0 Å². The van der Waals surface area contributed by atoms with Crippen molar-refractivity contribution >= 4 is 11.8 Å². The number of nitrogens with one attached hydrogen (secondary N) is 1. The van der Waals surface area contributed by atoms with Gasteiger partial charge in [-0.15, -0.1) is 0 Å². The van der Waals surface area contributed by atoms with Crippen LogP contribution in [0.5, 0.6) is 0 Å². The number of guanidine groups is 1. The summed E-state index contributed by atoms with van der Waals surface area (Å²) < 4.78 is 19.6. The molecule has 26 heavy (non-hydrogen) atoms. The summed E-state index contributed by atoms with van der Waals surface area (Å²) >= 11 is 0. The molecule has 0 aliphatic heterocycles. The molecule has 0 fully saturated rings. The third-order valence-corrected chi connectivity index (χ3v) is 3.93. The molecular weight excluding hydrogens is 331 g/mol. The Morgan fingerprint density at radius 1 is 1.15 bits per heavy atom. The molecule has 0 bridgehead atoms. The average Bonchev–Trinajstić information content (AvgIpc) is 3.08. The van der Waals surface area contributed by atoms with E-state index < -0.39 is 0 Å². The quantitative estimate of drug-likeness (QED) is 0.519. The van der Waals surface area contributed by atoms with E-state index in [-0.39, 0.29) is 11.8 Å². The molecule has 0 radical (unpaired) electrons. The number of hydrogen-bond donors (Lipinski definition) is 2. The van der Waals surface area contributed by atoms with Crippen LogP contribution < -0.4 is 11.1 Å². The first-order valence-electron chi connectivity index (χ1n) is 8.52. The largest absolute Gasteiger partial charge is 0.370 e. The highest BCUT2D eigenvalue weighted by molar-refractivity contribution is 5.90. The van der Waals surface area contributed by atoms with Gasteiger partial charge in [-0.25, -0.2) is 4.39 Å². The lowest BCUT2D eigenvalue weighted by Gasteiger charge is -2.06. The molecule has 5 nitrogen and oxygen atoms in total. The number of rotatable bonds is 6. The maximum atomic E-state index is 14.4. The summed E-state index contributed by atoms with van der Waals surface area (Å²) in [6.45, 7) is 2.48. The molecule has 0 aliphatic rings. The van der Waals surface area contributed by atoms with E-state index in [4.69, 9.17) is 10.3 Å². The topological polar surface area (TPSA) is 76.4 Å². The van der Waals surface area contributed by atoms with Gasteiger partial charge in [0.15, 0.2) is 5.96 Å². The van der Waals surface area contributed by atoms with Crippen LogP contribution in [0.1, 0.15) is 18.2 Å². The maximum Gasteiger partial charge on any atom is 0.231 e. The van der Waals surface area contributed by atoms with Crippen LogP contribution in [0, 0.1) is 5.82 Å². The Balaban J connectivity index is 1.63. The molecule has 134 valence electrons. The summed E-state index contributed by atoms with van der Waals surface area (Å²) in [5.74, 6) is 0.508. The third-order valence-electron chi connectivity index (χ3n) is 3.93. The summed E-state index contributed by atoms with van der Waals surface area (Å²) in [5.41, 5.74) is 8.83. The molecule has 6 heteroatoms. The van der Waals surface area contributed by atoms with Gasteiger partial charge < -0.3 is 10.3 Å². The molecule has 1 aromatic heterocycles. The number of hydrogen-bond acceptors (Lipinski definition) is 3. The number of halogens is 1. The third kappa shape index (κ3) is 4.47. The van der Waals surface area contributed by atoms with Crippen molar-refractivity contribution in [3.05, 3.63) is 71.7 Å². The molecule has 0 atom stereocenters. The number of anilines is 1. The highest BCUT2D eigenvalue weighted by Crippen LogP contribution is 2.24. The number of aryl methyl sites for hydroxylation is 2. The SMILES string of the molecule is CCN=C(N)Nc1cc(CCc2ccc(-c3ccccc3)c(F)c2)no1. The highest BCUT2D eigenvalue weighted by atomic mass is 19.1. The maximum absolute atomic E-state index is 14.4. The van der Waals surface area contributed by atoms with Crippen molar-refractivity contribution in [2.45, 2.75) is 19.8 Å². The summed E-state index contributed by atoms with van der Waals surface area (Å²) in [6.07, 6.45) is 1.30. The Bertz CT molecular complexity index is 890. The van der Waals surface area contributed by atoms with Gasteiger partial charge in [-0.2, -0.15) is 0 Å². The van der Waals surface area contributed by atoms with Crippen LogP contribution in [0.25, 0.3) is 11.1 Å². The van der Waals surface area contributed by atoms with Crippen molar-refractivity contribution < 1.29 is 8.91 Å². The Labute approximate surface area is 151 Å². The van der Waals surface area contributed by atoms with Crippen LogP contribution >= 0.6 is 0 Å². The van der Waals surface area contributed by atoms with E-state index in [0.29, 0.717) is 30.8 Å². The summed E-state index contributed by atoms with van der Waals surface area (Å²) in [5, 5.41) is 6.82. The van der Waals surface area contributed by atoms with E-state index in [9.17, 15) is 4.39 Å². The Morgan fingerprint density at radius 3 is 2.69 bits per heavy atom. The van der Waals surface area contributed by atoms with Crippen molar-refractivity contribution in [2.75, 3.05) is 11.9 Å². The molecule has 0 unspecified atom stereocenters. The van der Waals surface area contributed by atoms with Gasteiger partial charge in [0.05, 0.1) is 5.69 Å². The Morgan fingerprint density at radius 2 is 1.96 bits per heavy atom. The number of aliphatic imine (C=N–C) groups is 1. The fourth-order valence-electron chi connectivity index (χ4n) is 2.66. The predicted octanol–water partition coefficient (Wildman–Crippen LogP) is 4.01. The zero-order valence-electron chi connectivity index (χ0n) is 14.6. The average molecular weight is 352 g/mol. The first kappa shape index (κ1) is 17.7. The minimum Gasteiger partial charge on any atom is -0.370 e. The number of nitrogens with zero attached hydrogens (tertiary/aromatic N) is 2. The van der Waals surface area contributed by atoms with Gasteiger partial charge in [-0.05, 0) is 37.0 Å². The van der Waals surface area contributed by atoms with E-state index in [1.54, 1.807) is 12.1 Å². The molecule has 0 saturated heterocycles. The minimum atomic E-state index is -0.222. The minimum absolute atomic E-state index is 0.222. The molecular formula is C20H21FN4O. The predicted molar refractivity (Wildman–Crippen MR) is 102 cm³/mol. The second kappa shape index (κ2) is 8.29.